The summed E-state index contributed by atoms with van der Waals surface area (Å²) in [6, 6.07) is 15.7. The fraction of sp³-hybridized carbons (Fsp3) is 0.360. The van der Waals surface area contributed by atoms with Crippen molar-refractivity contribution in [2.24, 2.45) is 0 Å². The highest BCUT2D eigenvalue weighted by molar-refractivity contribution is 5.95. The Hall–Kier alpha value is -3.19. The third kappa shape index (κ3) is 4.25. The Kier molecular flexibility index (Phi) is 5.66. The summed E-state index contributed by atoms with van der Waals surface area (Å²) in [6.45, 7) is 6.33. The average Bonchev–Trinajstić information content (AvgIpc) is 2.81. The molecule has 1 atom stereocenters. The summed E-state index contributed by atoms with van der Waals surface area (Å²) in [5, 5.41) is 3.93. The molecule has 0 bridgehead atoms. The van der Waals surface area contributed by atoms with E-state index in [1.165, 1.54) is 11.1 Å². The number of hydrogen-bond acceptors (Lipinski definition) is 5. The number of amides is 1. The zero-order chi connectivity index (χ0) is 22.1. The second-order valence-electron chi connectivity index (χ2n) is 8.47. The van der Waals surface area contributed by atoms with Gasteiger partial charge in [0.05, 0.1) is 11.2 Å². The Morgan fingerprint density at radius 2 is 1.97 bits per heavy atom. The summed E-state index contributed by atoms with van der Waals surface area (Å²) in [6.07, 6.45) is -0.657. The maximum atomic E-state index is 14.9. The number of aromatic nitrogens is 1. The van der Waals surface area contributed by atoms with E-state index in [1.54, 1.807) is 18.2 Å². The first kappa shape index (κ1) is 20.7. The molecule has 1 N–H and O–H groups in total. The van der Waals surface area contributed by atoms with Gasteiger partial charge in [0.2, 0.25) is 0 Å². The van der Waals surface area contributed by atoms with E-state index in [1.807, 2.05) is 6.92 Å². The van der Waals surface area contributed by atoms with Crippen molar-refractivity contribution in [3.63, 3.8) is 0 Å². The molecule has 1 unspecified atom stereocenters. The SMILES string of the molecule is Cc1ccc2c(N3CCN(CCC(F)c4ccc5c(c4)NC(=O)CO5)CC3)cccc2n1. The Labute approximate surface area is 187 Å². The number of benzene rings is 2. The summed E-state index contributed by atoms with van der Waals surface area (Å²) in [7, 11) is 0. The summed E-state index contributed by atoms with van der Waals surface area (Å²) < 4.78 is 20.3. The second-order valence-corrected chi connectivity index (χ2v) is 8.47. The molecule has 2 aromatic carbocycles. The molecule has 32 heavy (non-hydrogen) atoms. The number of hydrogen-bond donors (Lipinski definition) is 1. The van der Waals surface area contributed by atoms with Crippen molar-refractivity contribution in [3.8, 4) is 5.75 Å². The van der Waals surface area contributed by atoms with Gasteiger partial charge in [0.25, 0.3) is 5.91 Å². The highest BCUT2D eigenvalue weighted by atomic mass is 19.1. The van der Waals surface area contributed by atoms with Gasteiger partial charge in [-0.05, 0) is 55.3 Å². The first-order valence-electron chi connectivity index (χ1n) is 11.1. The van der Waals surface area contributed by atoms with Crippen LogP contribution in [0.15, 0.2) is 48.5 Å². The van der Waals surface area contributed by atoms with Crippen LogP contribution in [0.25, 0.3) is 10.9 Å². The number of ether oxygens (including phenoxy) is 1. The third-order valence-electron chi connectivity index (χ3n) is 6.26. The van der Waals surface area contributed by atoms with Gasteiger partial charge >= 0.3 is 0 Å². The second kappa shape index (κ2) is 8.74. The van der Waals surface area contributed by atoms with Crippen LogP contribution < -0.4 is 15.0 Å². The molecule has 6 nitrogen and oxygen atoms in total. The number of rotatable bonds is 5. The molecule has 0 spiro atoms. The Morgan fingerprint density at radius 1 is 1.12 bits per heavy atom. The van der Waals surface area contributed by atoms with Gasteiger partial charge in [-0.25, -0.2) is 4.39 Å². The van der Waals surface area contributed by atoms with Crippen LogP contribution in [0.3, 0.4) is 0 Å². The summed E-state index contributed by atoms with van der Waals surface area (Å²) in [5.41, 5.74) is 4.39. The average molecular weight is 435 g/mol. The smallest absolute Gasteiger partial charge is 0.262 e. The summed E-state index contributed by atoms with van der Waals surface area (Å²) in [5.74, 6) is 0.385. The molecule has 0 radical (unpaired) electrons. The zero-order valence-corrected chi connectivity index (χ0v) is 18.2. The predicted molar refractivity (Wildman–Crippen MR) is 124 cm³/mol. The molecule has 166 valence electrons. The Morgan fingerprint density at radius 3 is 2.81 bits per heavy atom. The van der Waals surface area contributed by atoms with Gasteiger partial charge in [-0.3, -0.25) is 14.7 Å². The lowest BCUT2D eigenvalue weighted by Gasteiger charge is -2.36. The molecule has 3 aromatic rings. The van der Waals surface area contributed by atoms with Gasteiger partial charge in [-0.15, -0.1) is 0 Å². The fourth-order valence-corrected chi connectivity index (χ4v) is 4.49. The molecule has 7 heteroatoms. The quantitative estimate of drug-likeness (QED) is 0.655. The van der Waals surface area contributed by atoms with Crippen LogP contribution in [0, 0.1) is 6.92 Å². The van der Waals surface area contributed by atoms with Crippen molar-refractivity contribution >= 4 is 28.2 Å². The number of piperazine rings is 1. The van der Waals surface area contributed by atoms with Crippen LogP contribution in [0.1, 0.15) is 23.8 Å². The fourth-order valence-electron chi connectivity index (χ4n) is 4.49. The van der Waals surface area contributed by atoms with E-state index in [2.05, 4.69) is 50.4 Å². The minimum Gasteiger partial charge on any atom is -0.482 e. The van der Waals surface area contributed by atoms with Crippen molar-refractivity contribution < 1.29 is 13.9 Å². The molecule has 0 aliphatic carbocycles. The highest BCUT2D eigenvalue weighted by Crippen LogP contribution is 2.33. The van der Waals surface area contributed by atoms with Crippen molar-refractivity contribution in [2.45, 2.75) is 19.5 Å². The van der Waals surface area contributed by atoms with E-state index in [0.29, 0.717) is 30.0 Å². The monoisotopic (exact) mass is 434 g/mol. The van der Waals surface area contributed by atoms with E-state index in [4.69, 9.17) is 4.74 Å². The van der Waals surface area contributed by atoms with Crippen molar-refractivity contribution in [3.05, 3.63) is 59.8 Å². The standard InChI is InChI=1S/C25H27FN4O2/c1-17-5-7-19-21(27-17)3-2-4-23(19)30-13-11-29(12-14-30)10-9-20(26)18-6-8-24-22(15-18)28-25(31)16-32-24/h2-8,15,20H,9-14,16H2,1H3,(H,28,31). The number of aryl methyl sites for hydroxylation is 1. The van der Waals surface area contributed by atoms with Crippen LogP contribution in [0.4, 0.5) is 15.8 Å². The number of nitrogens with zero attached hydrogens (tertiary/aromatic N) is 3. The number of alkyl halides is 1. The van der Waals surface area contributed by atoms with E-state index < -0.39 is 6.17 Å². The molecule has 2 aliphatic heterocycles. The van der Waals surface area contributed by atoms with Crippen LogP contribution in [0.2, 0.25) is 0 Å². The van der Waals surface area contributed by atoms with Gasteiger partial charge in [0.15, 0.2) is 6.61 Å². The molecule has 2 aliphatic rings. The maximum Gasteiger partial charge on any atom is 0.262 e. The molecule has 1 amide bonds. The summed E-state index contributed by atoms with van der Waals surface area (Å²) in [4.78, 5) is 20.9. The normalized spacial score (nSPS) is 17.6. The van der Waals surface area contributed by atoms with Gasteiger partial charge in [0, 0.05) is 49.5 Å². The van der Waals surface area contributed by atoms with Crippen molar-refractivity contribution in [1.29, 1.82) is 0 Å². The zero-order valence-electron chi connectivity index (χ0n) is 18.2. The molecule has 1 fully saturated rings. The van der Waals surface area contributed by atoms with E-state index >= 15 is 0 Å². The lowest BCUT2D eigenvalue weighted by molar-refractivity contribution is -0.118. The van der Waals surface area contributed by atoms with Crippen LogP contribution in [-0.2, 0) is 4.79 Å². The van der Waals surface area contributed by atoms with Crippen LogP contribution in [-0.4, -0.2) is 55.1 Å². The van der Waals surface area contributed by atoms with Gasteiger partial charge in [-0.2, -0.15) is 0 Å². The van der Waals surface area contributed by atoms with E-state index in [0.717, 1.165) is 37.4 Å². The number of carbonyl (C=O) groups excluding carboxylic acids is 1. The molecule has 1 saturated heterocycles. The highest BCUT2D eigenvalue weighted by Gasteiger charge is 2.22. The minimum absolute atomic E-state index is 0.00626. The van der Waals surface area contributed by atoms with Crippen molar-refractivity contribution in [1.82, 2.24) is 9.88 Å². The Bertz CT molecular complexity index is 1140. The molecular weight excluding hydrogens is 407 g/mol. The number of pyridine rings is 1. The minimum atomic E-state index is -1.08. The number of carbonyl (C=O) groups is 1. The number of halogens is 1. The first-order valence-corrected chi connectivity index (χ1v) is 11.1. The lowest BCUT2D eigenvalue weighted by Crippen LogP contribution is -2.46. The summed E-state index contributed by atoms with van der Waals surface area (Å²) >= 11 is 0. The predicted octanol–water partition coefficient (Wildman–Crippen LogP) is 4.10. The van der Waals surface area contributed by atoms with E-state index in [9.17, 15) is 9.18 Å². The van der Waals surface area contributed by atoms with Crippen LogP contribution >= 0.6 is 0 Å². The van der Waals surface area contributed by atoms with Gasteiger partial charge in [-0.1, -0.05) is 12.1 Å². The number of nitrogens with one attached hydrogen (secondary N) is 1. The largest absolute Gasteiger partial charge is 0.482 e. The van der Waals surface area contributed by atoms with E-state index in [-0.39, 0.29) is 12.5 Å². The van der Waals surface area contributed by atoms with Crippen LogP contribution in [0.5, 0.6) is 5.75 Å². The third-order valence-corrected chi connectivity index (χ3v) is 6.26. The molecule has 3 heterocycles. The molecule has 1 aromatic heterocycles. The molecular formula is C25H27FN4O2. The number of anilines is 2. The topological polar surface area (TPSA) is 57.7 Å². The molecule has 0 saturated carbocycles. The first-order chi connectivity index (χ1) is 15.6. The van der Waals surface area contributed by atoms with Gasteiger partial charge < -0.3 is 15.0 Å². The Balaban J connectivity index is 1.17. The molecule has 5 rings (SSSR count). The lowest BCUT2D eigenvalue weighted by atomic mass is 10.1. The van der Waals surface area contributed by atoms with Crippen molar-refractivity contribution in [2.75, 3.05) is 49.5 Å². The number of fused-ring (bicyclic) bond motifs is 2. The van der Waals surface area contributed by atoms with Gasteiger partial charge in [0.1, 0.15) is 11.9 Å². The maximum absolute atomic E-state index is 14.9.